The Bertz CT molecular complexity index is 413. The van der Waals surface area contributed by atoms with Crippen LogP contribution >= 0.6 is 11.8 Å². The molecule has 1 nitrogen and oxygen atoms in total. The molecule has 0 radical (unpaired) electrons. The first-order valence-corrected chi connectivity index (χ1v) is 7.11. The average Bonchev–Trinajstić information content (AvgIpc) is 2.49. The van der Waals surface area contributed by atoms with Crippen LogP contribution in [-0.4, -0.2) is 11.5 Å². The number of carbonyl (C=O) groups is 1. The number of hydrogen-bond donors (Lipinski definition) is 0. The van der Waals surface area contributed by atoms with Crippen LogP contribution in [0.25, 0.3) is 0 Å². The molecule has 2 heteroatoms. The SMILES string of the molecule is O=C1c2ccccc2SC[C@H]2CCCC[C@@H]12. The van der Waals surface area contributed by atoms with Crippen molar-refractivity contribution >= 4 is 17.5 Å². The Hall–Kier alpha value is -0.760. The van der Waals surface area contributed by atoms with Gasteiger partial charge >= 0.3 is 0 Å². The molecule has 3 rings (SSSR count). The van der Waals surface area contributed by atoms with E-state index in [1.807, 2.05) is 30.0 Å². The largest absolute Gasteiger partial charge is 0.294 e. The molecule has 1 aromatic carbocycles. The van der Waals surface area contributed by atoms with E-state index in [2.05, 4.69) is 6.07 Å². The van der Waals surface area contributed by atoms with Gasteiger partial charge in [-0.25, -0.2) is 0 Å². The van der Waals surface area contributed by atoms with Gasteiger partial charge in [0.15, 0.2) is 5.78 Å². The van der Waals surface area contributed by atoms with Crippen molar-refractivity contribution in [3.8, 4) is 0 Å². The highest BCUT2D eigenvalue weighted by molar-refractivity contribution is 7.99. The number of rotatable bonds is 0. The molecule has 1 heterocycles. The molecule has 1 aromatic rings. The molecule has 0 saturated heterocycles. The average molecular weight is 232 g/mol. The third-order valence-corrected chi connectivity index (χ3v) is 5.11. The second kappa shape index (κ2) is 4.25. The summed E-state index contributed by atoms with van der Waals surface area (Å²) in [4.78, 5) is 13.7. The minimum absolute atomic E-state index is 0.310. The standard InChI is InChI=1S/C14H16OS/c15-14-11-6-2-1-5-10(11)9-16-13-8-4-3-7-12(13)14/h3-4,7-8,10-11H,1-2,5-6,9H2/t10-,11-/m1/s1. The van der Waals surface area contributed by atoms with Gasteiger partial charge in [-0.15, -0.1) is 11.8 Å². The number of fused-ring (bicyclic) bond motifs is 2. The predicted octanol–water partition coefficient (Wildman–Crippen LogP) is 3.78. The Morgan fingerprint density at radius 2 is 1.94 bits per heavy atom. The summed E-state index contributed by atoms with van der Waals surface area (Å²) in [5.41, 5.74) is 0.974. The maximum Gasteiger partial charge on any atom is 0.167 e. The fourth-order valence-corrected chi connectivity index (χ4v) is 4.24. The van der Waals surface area contributed by atoms with Crippen LogP contribution in [0.5, 0.6) is 0 Å². The van der Waals surface area contributed by atoms with Gasteiger partial charge in [0.1, 0.15) is 0 Å². The molecule has 0 aromatic heterocycles. The van der Waals surface area contributed by atoms with Crippen LogP contribution in [0.2, 0.25) is 0 Å². The Morgan fingerprint density at radius 1 is 1.12 bits per heavy atom. The van der Waals surface area contributed by atoms with Crippen molar-refractivity contribution < 1.29 is 4.79 Å². The molecule has 0 unspecified atom stereocenters. The van der Waals surface area contributed by atoms with E-state index >= 15 is 0 Å². The second-order valence-electron chi connectivity index (χ2n) is 4.82. The predicted molar refractivity (Wildman–Crippen MR) is 66.9 cm³/mol. The van der Waals surface area contributed by atoms with Crippen LogP contribution in [0, 0.1) is 11.8 Å². The molecule has 2 atom stereocenters. The van der Waals surface area contributed by atoms with Gasteiger partial charge in [-0.3, -0.25) is 4.79 Å². The summed E-state index contributed by atoms with van der Waals surface area (Å²) in [6, 6.07) is 8.12. The zero-order chi connectivity index (χ0) is 11.0. The first kappa shape index (κ1) is 10.4. The normalized spacial score (nSPS) is 29.1. The van der Waals surface area contributed by atoms with Gasteiger partial charge in [-0.05, 0) is 24.8 Å². The van der Waals surface area contributed by atoms with Crippen molar-refractivity contribution in [2.75, 3.05) is 5.75 Å². The number of benzene rings is 1. The van der Waals surface area contributed by atoms with Gasteiger partial charge in [-0.2, -0.15) is 0 Å². The Morgan fingerprint density at radius 3 is 2.88 bits per heavy atom. The summed E-state index contributed by atoms with van der Waals surface area (Å²) in [5, 5.41) is 0. The quantitative estimate of drug-likeness (QED) is 0.677. The molecular formula is C14H16OS. The topological polar surface area (TPSA) is 17.1 Å². The van der Waals surface area contributed by atoms with E-state index in [0.29, 0.717) is 17.6 Å². The fraction of sp³-hybridized carbons (Fsp3) is 0.500. The lowest BCUT2D eigenvalue weighted by Crippen LogP contribution is -2.27. The highest BCUT2D eigenvalue weighted by Crippen LogP contribution is 2.41. The smallest absolute Gasteiger partial charge is 0.167 e. The van der Waals surface area contributed by atoms with Crippen LogP contribution < -0.4 is 0 Å². The summed E-state index contributed by atoms with van der Waals surface area (Å²) in [6.45, 7) is 0. The van der Waals surface area contributed by atoms with Gasteiger partial charge in [0.2, 0.25) is 0 Å². The zero-order valence-electron chi connectivity index (χ0n) is 9.32. The van der Waals surface area contributed by atoms with Gasteiger partial charge in [0.05, 0.1) is 0 Å². The zero-order valence-corrected chi connectivity index (χ0v) is 10.1. The van der Waals surface area contributed by atoms with E-state index in [9.17, 15) is 4.79 Å². The van der Waals surface area contributed by atoms with Crippen molar-refractivity contribution in [2.24, 2.45) is 11.8 Å². The number of thioether (sulfide) groups is 1. The van der Waals surface area contributed by atoms with Crippen molar-refractivity contribution in [3.63, 3.8) is 0 Å². The third kappa shape index (κ3) is 1.69. The first-order valence-electron chi connectivity index (χ1n) is 6.12. The third-order valence-electron chi connectivity index (χ3n) is 3.85. The molecule has 1 fully saturated rings. The first-order chi connectivity index (χ1) is 7.86. The van der Waals surface area contributed by atoms with Gasteiger partial charge in [-0.1, -0.05) is 31.0 Å². The maximum absolute atomic E-state index is 12.5. The van der Waals surface area contributed by atoms with E-state index in [0.717, 1.165) is 17.7 Å². The minimum atomic E-state index is 0.310. The number of Topliss-reactive ketones (excluding diaryl/α,β-unsaturated/α-hetero) is 1. The Balaban J connectivity index is 1.99. The summed E-state index contributed by atoms with van der Waals surface area (Å²) < 4.78 is 0. The van der Waals surface area contributed by atoms with E-state index < -0.39 is 0 Å². The summed E-state index contributed by atoms with van der Waals surface area (Å²) in [5.74, 6) is 2.47. The van der Waals surface area contributed by atoms with Crippen molar-refractivity contribution in [2.45, 2.75) is 30.6 Å². The fourth-order valence-electron chi connectivity index (χ4n) is 2.94. The van der Waals surface area contributed by atoms with Crippen LogP contribution in [0.4, 0.5) is 0 Å². The van der Waals surface area contributed by atoms with Crippen molar-refractivity contribution in [1.29, 1.82) is 0 Å². The Labute approximate surface area is 101 Å². The van der Waals surface area contributed by atoms with Crippen molar-refractivity contribution in [3.05, 3.63) is 29.8 Å². The summed E-state index contributed by atoms with van der Waals surface area (Å²) in [7, 11) is 0. The number of carbonyl (C=O) groups excluding carboxylic acids is 1. The minimum Gasteiger partial charge on any atom is -0.294 e. The van der Waals surface area contributed by atoms with Crippen LogP contribution in [0.1, 0.15) is 36.0 Å². The molecule has 2 aliphatic rings. The van der Waals surface area contributed by atoms with Gasteiger partial charge in [0.25, 0.3) is 0 Å². The van der Waals surface area contributed by atoms with E-state index in [1.165, 1.54) is 24.2 Å². The number of hydrogen-bond acceptors (Lipinski definition) is 2. The van der Waals surface area contributed by atoms with Crippen LogP contribution in [-0.2, 0) is 0 Å². The summed E-state index contributed by atoms with van der Waals surface area (Å²) >= 11 is 1.88. The monoisotopic (exact) mass is 232 g/mol. The molecule has 0 spiro atoms. The molecule has 1 aliphatic heterocycles. The lowest BCUT2D eigenvalue weighted by Gasteiger charge is -2.28. The van der Waals surface area contributed by atoms with E-state index in [4.69, 9.17) is 0 Å². The molecule has 84 valence electrons. The molecule has 0 bridgehead atoms. The summed E-state index contributed by atoms with van der Waals surface area (Å²) in [6.07, 6.45) is 4.90. The maximum atomic E-state index is 12.5. The molecule has 0 amide bonds. The molecule has 1 saturated carbocycles. The Kier molecular flexibility index (Phi) is 2.76. The molecule has 0 N–H and O–H groups in total. The lowest BCUT2D eigenvalue weighted by molar-refractivity contribution is 0.0840. The highest BCUT2D eigenvalue weighted by Gasteiger charge is 2.34. The number of ketones is 1. The highest BCUT2D eigenvalue weighted by atomic mass is 32.2. The molecule has 1 aliphatic carbocycles. The van der Waals surface area contributed by atoms with Crippen LogP contribution in [0.3, 0.4) is 0 Å². The molecule has 16 heavy (non-hydrogen) atoms. The van der Waals surface area contributed by atoms with E-state index in [1.54, 1.807) is 0 Å². The van der Waals surface area contributed by atoms with E-state index in [-0.39, 0.29) is 0 Å². The van der Waals surface area contributed by atoms with Crippen molar-refractivity contribution in [1.82, 2.24) is 0 Å². The van der Waals surface area contributed by atoms with Gasteiger partial charge in [0, 0.05) is 22.1 Å². The second-order valence-corrected chi connectivity index (χ2v) is 5.88. The molecular weight excluding hydrogens is 216 g/mol. The van der Waals surface area contributed by atoms with Crippen LogP contribution in [0.15, 0.2) is 29.2 Å². The lowest BCUT2D eigenvalue weighted by atomic mass is 9.76. The van der Waals surface area contributed by atoms with Gasteiger partial charge < -0.3 is 0 Å².